The summed E-state index contributed by atoms with van der Waals surface area (Å²) in [4.78, 5) is 6.89. The quantitative estimate of drug-likeness (QED) is 0.827. The molecule has 94 valence electrons. The maximum atomic E-state index is 5.33. The number of nitrogens with one attached hydrogen (secondary N) is 1. The molecule has 0 bridgehead atoms. The Kier molecular flexibility index (Phi) is 4.91. The highest BCUT2D eigenvalue weighted by atomic mass is 16.5. The third-order valence-corrected chi connectivity index (χ3v) is 2.95. The van der Waals surface area contributed by atoms with E-state index in [1.807, 2.05) is 6.20 Å². The maximum absolute atomic E-state index is 5.33. The molecule has 1 aliphatic rings. The van der Waals surface area contributed by atoms with Gasteiger partial charge in [-0.3, -0.25) is 9.88 Å². The van der Waals surface area contributed by atoms with Gasteiger partial charge in [0.25, 0.3) is 0 Å². The highest BCUT2D eigenvalue weighted by Crippen LogP contribution is 2.06. The van der Waals surface area contributed by atoms with Crippen molar-refractivity contribution in [3.8, 4) is 0 Å². The molecule has 1 N–H and O–H groups in total. The average Bonchev–Trinajstić information content (AvgIpc) is 2.39. The lowest BCUT2D eigenvalue weighted by molar-refractivity contribution is 0.0336. The Morgan fingerprint density at radius 2 is 2.18 bits per heavy atom. The molecule has 0 amide bonds. The SMILES string of the molecule is CCNCc1ccc(CN2CCOCC2)nc1. The Balaban J connectivity index is 1.84. The van der Waals surface area contributed by atoms with Gasteiger partial charge in [0.2, 0.25) is 0 Å². The molecule has 4 nitrogen and oxygen atoms in total. The number of hydrogen-bond acceptors (Lipinski definition) is 4. The molecule has 0 radical (unpaired) electrons. The summed E-state index contributed by atoms with van der Waals surface area (Å²) in [5.41, 5.74) is 2.39. The van der Waals surface area contributed by atoms with Gasteiger partial charge in [0.05, 0.1) is 18.9 Å². The normalized spacial score (nSPS) is 17.2. The van der Waals surface area contributed by atoms with Gasteiger partial charge in [0.15, 0.2) is 0 Å². The number of morpholine rings is 1. The number of rotatable bonds is 5. The van der Waals surface area contributed by atoms with E-state index in [0.29, 0.717) is 0 Å². The first-order valence-corrected chi connectivity index (χ1v) is 6.33. The van der Waals surface area contributed by atoms with Gasteiger partial charge in [-0.1, -0.05) is 13.0 Å². The fraction of sp³-hybridized carbons (Fsp3) is 0.615. The lowest BCUT2D eigenvalue weighted by atomic mass is 10.2. The van der Waals surface area contributed by atoms with Gasteiger partial charge in [-0.05, 0) is 18.2 Å². The standard InChI is InChI=1S/C13H21N3O/c1-2-14-9-12-3-4-13(15-10-12)11-16-5-7-17-8-6-16/h3-4,10,14H,2,5-9,11H2,1H3. The van der Waals surface area contributed by atoms with Crippen molar-refractivity contribution in [3.63, 3.8) is 0 Å². The van der Waals surface area contributed by atoms with E-state index in [-0.39, 0.29) is 0 Å². The van der Waals surface area contributed by atoms with Crippen LogP contribution in [0.1, 0.15) is 18.2 Å². The van der Waals surface area contributed by atoms with Gasteiger partial charge >= 0.3 is 0 Å². The van der Waals surface area contributed by atoms with E-state index in [0.717, 1.165) is 51.6 Å². The minimum atomic E-state index is 0.846. The lowest BCUT2D eigenvalue weighted by Crippen LogP contribution is -2.35. The third-order valence-electron chi connectivity index (χ3n) is 2.95. The van der Waals surface area contributed by atoms with Crippen LogP contribution in [0.5, 0.6) is 0 Å². The van der Waals surface area contributed by atoms with Crippen LogP contribution in [0.15, 0.2) is 18.3 Å². The molecule has 0 spiro atoms. The molecule has 1 fully saturated rings. The number of aromatic nitrogens is 1. The zero-order valence-corrected chi connectivity index (χ0v) is 10.5. The number of pyridine rings is 1. The van der Waals surface area contributed by atoms with Crippen molar-refractivity contribution in [2.75, 3.05) is 32.8 Å². The van der Waals surface area contributed by atoms with Crippen LogP contribution in [0.25, 0.3) is 0 Å². The van der Waals surface area contributed by atoms with E-state index in [9.17, 15) is 0 Å². The molecule has 1 aromatic rings. The Bertz CT molecular complexity index is 320. The molecule has 0 saturated carbocycles. The second-order valence-corrected chi connectivity index (χ2v) is 4.33. The Hall–Kier alpha value is -0.970. The first kappa shape index (κ1) is 12.5. The minimum Gasteiger partial charge on any atom is -0.379 e. The Labute approximate surface area is 103 Å². The molecule has 1 aromatic heterocycles. The largest absolute Gasteiger partial charge is 0.379 e. The van der Waals surface area contributed by atoms with Crippen LogP contribution in [0.3, 0.4) is 0 Å². The van der Waals surface area contributed by atoms with Crippen molar-refractivity contribution in [3.05, 3.63) is 29.6 Å². The fourth-order valence-electron chi connectivity index (χ4n) is 1.91. The summed E-state index contributed by atoms with van der Waals surface area (Å²) in [6, 6.07) is 4.29. The van der Waals surface area contributed by atoms with E-state index >= 15 is 0 Å². The highest BCUT2D eigenvalue weighted by molar-refractivity contribution is 5.14. The third kappa shape index (κ3) is 4.07. The summed E-state index contributed by atoms with van der Waals surface area (Å²) in [6.07, 6.45) is 1.97. The van der Waals surface area contributed by atoms with Crippen LogP contribution in [0.2, 0.25) is 0 Å². The van der Waals surface area contributed by atoms with E-state index in [1.54, 1.807) is 0 Å². The second-order valence-electron chi connectivity index (χ2n) is 4.33. The van der Waals surface area contributed by atoms with Crippen LogP contribution in [-0.4, -0.2) is 42.7 Å². The van der Waals surface area contributed by atoms with Crippen molar-refractivity contribution in [1.29, 1.82) is 0 Å². The van der Waals surface area contributed by atoms with Crippen molar-refractivity contribution in [1.82, 2.24) is 15.2 Å². The zero-order valence-electron chi connectivity index (χ0n) is 10.5. The number of nitrogens with zero attached hydrogens (tertiary/aromatic N) is 2. The summed E-state index contributed by atoms with van der Waals surface area (Å²) in [5.74, 6) is 0. The molecule has 0 unspecified atom stereocenters. The Morgan fingerprint density at radius 3 is 2.82 bits per heavy atom. The molecule has 17 heavy (non-hydrogen) atoms. The number of ether oxygens (including phenoxy) is 1. The van der Waals surface area contributed by atoms with Crippen LogP contribution in [0.4, 0.5) is 0 Å². The monoisotopic (exact) mass is 235 g/mol. The summed E-state index contributed by atoms with van der Waals surface area (Å²) in [6.45, 7) is 8.67. The summed E-state index contributed by atoms with van der Waals surface area (Å²) in [5, 5.41) is 3.30. The van der Waals surface area contributed by atoms with Gasteiger partial charge in [0.1, 0.15) is 0 Å². The molecular weight excluding hydrogens is 214 g/mol. The smallest absolute Gasteiger partial charge is 0.0594 e. The van der Waals surface area contributed by atoms with E-state index in [4.69, 9.17) is 4.74 Å². The molecule has 4 heteroatoms. The van der Waals surface area contributed by atoms with Crippen LogP contribution in [-0.2, 0) is 17.8 Å². The van der Waals surface area contributed by atoms with Crippen molar-refractivity contribution < 1.29 is 4.74 Å². The predicted molar refractivity (Wildman–Crippen MR) is 67.7 cm³/mol. The summed E-state index contributed by atoms with van der Waals surface area (Å²) < 4.78 is 5.33. The summed E-state index contributed by atoms with van der Waals surface area (Å²) >= 11 is 0. The number of hydrogen-bond donors (Lipinski definition) is 1. The molecule has 0 atom stereocenters. The van der Waals surface area contributed by atoms with E-state index in [2.05, 4.69) is 34.3 Å². The highest BCUT2D eigenvalue weighted by Gasteiger charge is 2.10. The minimum absolute atomic E-state index is 0.846. The molecule has 1 saturated heterocycles. The topological polar surface area (TPSA) is 37.4 Å². The van der Waals surface area contributed by atoms with E-state index in [1.165, 1.54) is 5.56 Å². The molecule has 2 rings (SSSR count). The lowest BCUT2D eigenvalue weighted by Gasteiger charge is -2.26. The Morgan fingerprint density at radius 1 is 1.35 bits per heavy atom. The first-order valence-electron chi connectivity index (χ1n) is 6.33. The van der Waals surface area contributed by atoms with Crippen molar-refractivity contribution in [2.45, 2.75) is 20.0 Å². The molecule has 1 aliphatic heterocycles. The van der Waals surface area contributed by atoms with E-state index < -0.39 is 0 Å². The van der Waals surface area contributed by atoms with Crippen molar-refractivity contribution in [2.24, 2.45) is 0 Å². The van der Waals surface area contributed by atoms with Gasteiger partial charge < -0.3 is 10.1 Å². The van der Waals surface area contributed by atoms with Crippen LogP contribution in [0, 0.1) is 0 Å². The van der Waals surface area contributed by atoms with Gasteiger partial charge in [-0.25, -0.2) is 0 Å². The molecule has 2 heterocycles. The van der Waals surface area contributed by atoms with Gasteiger partial charge in [-0.15, -0.1) is 0 Å². The van der Waals surface area contributed by atoms with Crippen molar-refractivity contribution >= 4 is 0 Å². The fourth-order valence-corrected chi connectivity index (χ4v) is 1.91. The van der Waals surface area contributed by atoms with Crippen LogP contribution < -0.4 is 5.32 Å². The zero-order chi connectivity index (χ0) is 11.9. The average molecular weight is 235 g/mol. The molecular formula is C13H21N3O. The maximum Gasteiger partial charge on any atom is 0.0594 e. The summed E-state index contributed by atoms with van der Waals surface area (Å²) in [7, 11) is 0. The second kappa shape index (κ2) is 6.69. The van der Waals surface area contributed by atoms with Gasteiger partial charge in [0, 0.05) is 32.4 Å². The first-order chi connectivity index (χ1) is 8.38. The predicted octanol–water partition coefficient (Wildman–Crippen LogP) is 1.02. The molecule has 0 aliphatic carbocycles. The van der Waals surface area contributed by atoms with Gasteiger partial charge in [-0.2, -0.15) is 0 Å². The van der Waals surface area contributed by atoms with Crippen LogP contribution >= 0.6 is 0 Å². The molecule has 0 aromatic carbocycles.